The lowest BCUT2D eigenvalue weighted by molar-refractivity contribution is -0.123. The first kappa shape index (κ1) is 20.5. The minimum absolute atomic E-state index is 0.185. The van der Waals surface area contributed by atoms with Crippen LogP contribution in [0.2, 0.25) is 0 Å². The van der Waals surface area contributed by atoms with Crippen LogP contribution in [0.15, 0.2) is 18.2 Å². The molecule has 3 amide bonds. The van der Waals surface area contributed by atoms with Gasteiger partial charge in [0.2, 0.25) is 0 Å². The van der Waals surface area contributed by atoms with Crippen molar-refractivity contribution in [3.05, 3.63) is 23.8 Å². The maximum atomic E-state index is 12.4. The summed E-state index contributed by atoms with van der Waals surface area (Å²) in [5.74, 6) is 1.58. The summed E-state index contributed by atoms with van der Waals surface area (Å²) >= 11 is 0. The Labute approximate surface area is 175 Å². The number of rotatable bonds is 6. The van der Waals surface area contributed by atoms with Gasteiger partial charge in [-0.05, 0) is 74.5 Å². The SMILES string of the molecule is COc1ccc(C(=O)OCC(=O)NC(=O)NC23CC4CC(CC(C4)C2)C3)cc1OC. The van der Waals surface area contributed by atoms with Crippen LogP contribution >= 0.6 is 0 Å². The Kier molecular flexibility index (Phi) is 5.58. The van der Waals surface area contributed by atoms with Crippen molar-refractivity contribution in [3.63, 3.8) is 0 Å². The molecule has 0 atom stereocenters. The van der Waals surface area contributed by atoms with Crippen LogP contribution in [0.4, 0.5) is 4.79 Å². The molecular weight excluding hydrogens is 388 g/mol. The van der Waals surface area contributed by atoms with Crippen LogP contribution in [-0.4, -0.2) is 44.3 Å². The molecule has 0 saturated heterocycles. The molecule has 0 aromatic heterocycles. The van der Waals surface area contributed by atoms with Crippen LogP contribution in [0.3, 0.4) is 0 Å². The minimum Gasteiger partial charge on any atom is -0.493 e. The number of hydrogen-bond acceptors (Lipinski definition) is 6. The molecule has 8 heteroatoms. The summed E-state index contributed by atoms with van der Waals surface area (Å²) in [6.45, 7) is -0.540. The fraction of sp³-hybridized carbons (Fsp3) is 0.591. The summed E-state index contributed by atoms with van der Waals surface area (Å²) in [6.07, 6.45) is 6.80. The maximum absolute atomic E-state index is 12.4. The van der Waals surface area contributed by atoms with Gasteiger partial charge in [0.15, 0.2) is 18.1 Å². The van der Waals surface area contributed by atoms with Gasteiger partial charge in [-0.15, -0.1) is 0 Å². The highest BCUT2D eigenvalue weighted by Crippen LogP contribution is 2.55. The van der Waals surface area contributed by atoms with Gasteiger partial charge in [-0.3, -0.25) is 10.1 Å². The van der Waals surface area contributed by atoms with Gasteiger partial charge < -0.3 is 19.5 Å². The molecule has 0 unspecified atom stereocenters. The number of hydrogen-bond donors (Lipinski definition) is 2. The molecule has 4 saturated carbocycles. The first-order valence-electron chi connectivity index (χ1n) is 10.4. The summed E-state index contributed by atoms with van der Waals surface area (Å²) < 4.78 is 15.3. The number of nitrogens with one attached hydrogen (secondary N) is 2. The van der Waals surface area contributed by atoms with E-state index in [0.717, 1.165) is 19.3 Å². The van der Waals surface area contributed by atoms with Crippen molar-refractivity contribution < 1.29 is 28.6 Å². The van der Waals surface area contributed by atoms with Gasteiger partial charge in [-0.1, -0.05) is 0 Å². The molecule has 0 heterocycles. The average Bonchev–Trinajstić information content (AvgIpc) is 2.69. The smallest absolute Gasteiger partial charge is 0.338 e. The lowest BCUT2D eigenvalue weighted by atomic mass is 9.53. The third-order valence-corrected chi connectivity index (χ3v) is 6.62. The van der Waals surface area contributed by atoms with Crippen LogP contribution in [0.25, 0.3) is 0 Å². The molecule has 5 rings (SSSR count). The van der Waals surface area contributed by atoms with E-state index in [2.05, 4.69) is 10.6 Å². The molecule has 162 valence electrons. The number of carbonyl (C=O) groups excluding carboxylic acids is 3. The normalized spacial score (nSPS) is 28.5. The molecule has 4 aliphatic rings. The summed E-state index contributed by atoms with van der Waals surface area (Å²) in [7, 11) is 2.96. The zero-order valence-electron chi connectivity index (χ0n) is 17.4. The third-order valence-electron chi connectivity index (χ3n) is 6.62. The van der Waals surface area contributed by atoms with E-state index in [1.165, 1.54) is 45.6 Å². The number of ether oxygens (including phenoxy) is 3. The first-order chi connectivity index (χ1) is 14.4. The lowest BCUT2D eigenvalue weighted by Gasteiger charge is -2.56. The van der Waals surface area contributed by atoms with E-state index in [9.17, 15) is 14.4 Å². The van der Waals surface area contributed by atoms with Crippen LogP contribution in [0.5, 0.6) is 11.5 Å². The number of amides is 3. The van der Waals surface area contributed by atoms with E-state index in [-0.39, 0.29) is 11.1 Å². The Morgan fingerprint density at radius 1 is 0.967 bits per heavy atom. The largest absolute Gasteiger partial charge is 0.493 e. The van der Waals surface area contributed by atoms with Crippen molar-refractivity contribution in [2.45, 2.75) is 44.1 Å². The molecule has 4 fully saturated rings. The van der Waals surface area contributed by atoms with Crippen molar-refractivity contribution in [2.75, 3.05) is 20.8 Å². The van der Waals surface area contributed by atoms with Crippen LogP contribution in [0.1, 0.15) is 48.9 Å². The fourth-order valence-electron chi connectivity index (χ4n) is 5.88. The topological polar surface area (TPSA) is 103 Å². The highest BCUT2D eigenvalue weighted by atomic mass is 16.5. The molecule has 4 bridgehead atoms. The summed E-state index contributed by atoms with van der Waals surface area (Å²) in [5.41, 5.74) is 0.0357. The summed E-state index contributed by atoms with van der Waals surface area (Å²) in [5, 5.41) is 5.35. The van der Waals surface area contributed by atoms with Crippen LogP contribution in [0, 0.1) is 17.8 Å². The molecule has 1 aromatic rings. The van der Waals surface area contributed by atoms with Crippen molar-refractivity contribution in [2.24, 2.45) is 17.8 Å². The monoisotopic (exact) mass is 416 g/mol. The van der Waals surface area contributed by atoms with Crippen molar-refractivity contribution in [3.8, 4) is 11.5 Å². The highest BCUT2D eigenvalue weighted by molar-refractivity contribution is 5.97. The van der Waals surface area contributed by atoms with Gasteiger partial charge >= 0.3 is 12.0 Å². The zero-order valence-corrected chi connectivity index (χ0v) is 17.4. The lowest BCUT2D eigenvalue weighted by Crippen LogP contribution is -2.62. The Bertz CT molecular complexity index is 817. The zero-order chi connectivity index (χ0) is 21.3. The Morgan fingerprint density at radius 3 is 2.13 bits per heavy atom. The van der Waals surface area contributed by atoms with Gasteiger partial charge in [0.1, 0.15) is 0 Å². The molecule has 0 spiro atoms. The van der Waals surface area contributed by atoms with E-state index in [1.54, 1.807) is 6.07 Å². The predicted molar refractivity (Wildman–Crippen MR) is 107 cm³/mol. The molecule has 30 heavy (non-hydrogen) atoms. The van der Waals surface area contributed by atoms with E-state index >= 15 is 0 Å². The van der Waals surface area contributed by atoms with Crippen LogP contribution < -0.4 is 20.1 Å². The Morgan fingerprint density at radius 2 is 1.57 bits per heavy atom. The highest BCUT2D eigenvalue weighted by Gasteiger charge is 2.51. The van der Waals surface area contributed by atoms with Crippen LogP contribution in [-0.2, 0) is 9.53 Å². The van der Waals surface area contributed by atoms with Crippen molar-refractivity contribution >= 4 is 17.9 Å². The second-order valence-electron chi connectivity index (χ2n) is 8.85. The standard InChI is InChI=1S/C22H28N2O6/c1-28-17-4-3-16(8-18(17)29-2)20(26)30-12-19(25)23-21(27)24-22-9-13-5-14(10-22)7-15(6-13)11-22/h3-4,8,13-15H,5-7,9-12H2,1-2H3,(H2,23,24,25,27). The molecule has 0 aliphatic heterocycles. The minimum atomic E-state index is -0.687. The summed E-state index contributed by atoms with van der Waals surface area (Å²) in [6, 6.07) is 4.05. The van der Waals surface area contributed by atoms with E-state index in [0.29, 0.717) is 29.3 Å². The number of imide groups is 1. The number of benzene rings is 1. The molecule has 4 aliphatic carbocycles. The molecular formula is C22H28N2O6. The number of esters is 1. The van der Waals surface area contributed by atoms with E-state index < -0.39 is 24.5 Å². The number of carbonyl (C=O) groups is 3. The first-order valence-corrected chi connectivity index (χ1v) is 10.4. The molecule has 2 N–H and O–H groups in total. The average molecular weight is 416 g/mol. The molecule has 8 nitrogen and oxygen atoms in total. The van der Waals surface area contributed by atoms with E-state index in [4.69, 9.17) is 14.2 Å². The second kappa shape index (κ2) is 8.16. The van der Waals surface area contributed by atoms with Gasteiger partial charge in [0, 0.05) is 5.54 Å². The quantitative estimate of drug-likeness (QED) is 0.691. The fourth-order valence-corrected chi connectivity index (χ4v) is 5.88. The Hall–Kier alpha value is -2.77. The van der Waals surface area contributed by atoms with Gasteiger partial charge in [0.25, 0.3) is 5.91 Å². The van der Waals surface area contributed by atoms with Crippen molar-refractivity contribution in [1.82, 2.24) is 10.6 Å². The third kappa shape index (κ3) is 4.22. The van der Waals surface area contributed by atoms with Gasteiger partial charge in [0.05, 0.1) is 19.8 Å². The predicted octanol–water partition coefficient (Wildman–Crippen LogP) is 2.66. The second-order valence-corrected chi connectivity index (χ2v) is 8.85. The Balaban J connectivity index is 1.27. The number of methoxy groups -OCH3 is 2. The van der Waals surface area contributed by atoms with Gasteiger partial charge in [-0.2, -0.15) is 0 Å². The molecule has 1 aromatic carbocycles. The number of urea groups is 1. The van der Waals surface area contributed by atoms with Crippen molar-refractivity contribution in [1.29, 1.82) is 0 Å². The van der Waals surface area contributed by atoms with E-state index in [1.807, 2.05) is 0 Å². The van der Waals surface area contributed by atoms with Gasteiger partial charge in [-0.25, -0.2) is 9.59 Å². The molecule has 0 radical (unpaired) electrons. The summed E-state index contributed by atoms with van der Waals surface area (Å²) in [4.78, 5) is 36.7. The maximum Gasteiger partial charge on any atom is 0.338 e.